The summed E-state index contributed by atoms with van der Waals surface area (Å²) in [5.41, 5.74) is 6.47. The number of unbranched alkanes of at least 4 members (excludes halogenated alkanes) is 2. The molecule has 4 nitrogen and oxygen atoms in total. The molecule has 23 heavy (non-hydrogen) atoms. The SMILES string of the molecule is CCCCCOc1ccc(C(=O)Nc2cc(N)ccc2F)cc1. The standard InChI is InChI=1S/C18H21FN2O2/c1-2-3-4-11-23-15-8-5-13(6-9-15)18(22)21-17-12-14(20)7-10-16(17)19/h5-10,12H,2-4,11,20H2,1H3,(H,21,22). The number of ether oxygens (including phenoxy) is 1. The van der Waals surface area contributed by atoms with Gasteiger partial charge in [0.15, 0.2) is 0 Å². The summed E-state index contributed by atoms with van der Waals surface area (Å²) in [5, 5.41) is 2.51. The normalized spacial score (nSPS) is 10.3. The molecule has 3 N–H and O–H groups in total. The monoisotopic (exact) mass is 316 g/mol. The third-order valence-electron chi connectivity index (χ3n) is 3.37. The lowest BCUT2D eigenvalue weighted by Gasteiger charge is -2.09. The third kappa shape index (κ3) is 4.98. The predicted molar refractivity (Wildman–Crippen MR) is 90.2 cm³/mol. The number of amides is 1. The summed E-state index contributed by atoms with van der Waals surface area (Å²) in [7, 11) is 0. The number of rotatable bonds is 7. The summed E-state index contributed by atoms with van der Waals surface area (Å²) in [6, 6.07) is 10.8. The molecule has 0 saturated heterocycles. The van der Waals surface area contributed by atoms with Gasteiger partial charge < -0.3 is 15.8 Å². The third-order valence-corrected chi connectivity index (χ3v) is 3.37. The average molecular weight is 316 g/mol. The molecule has 5 heteroatoms. The maximum absolute atomic E-state index is 13.6. The molecule has 0 spiro atoms. The zero-order valence-corrected chi connectivity index (χ0v) is 13.1. The largest absolute Gasteiger partial charge is 0.494 e. The van der Waals surface area contributed by atoms with E-state index >= 15 is 0 Å². The Hall–Kier alpha value is -2.56. The molecule has 0 unspecified atom stereocenters. The Balaban J connectivity index is 1.96. The van der Waals surface area contributed by atoms with Crippen molar-refractivity contribution < 1.29 is 13.9 Å². The number of nitrogen functional groups attached to an aromatic ring is 1. The molecule has 122 valence electrons. The molecule has 0 aliphatic heterocycles. The molecule has 2 rings (SSSR count). The van der Waals surface area contributed by atoms with E-state index in [-0.39, 0.29) is 5.69 Å². The number of benzene rings is 2. The molecular formula is C18H21FN2O2. The van der Waals surface area contributed by atoms with Crippen LogP contribution in [0.2, 0.25) is 0 Å². The smallest absolute Gasteiger partial charge is 0.255 e. The highest BCUT2D eigenvalue weighted by Crippen LogP contribution is 2.19. The van der Waals surface area contributed by atoms with Crippen molar-refractivity contribution in [2.24, 2.45) is 0 Å². The van der Waals surface area contributed by atoms with Crippen molar-refractivity contribution in [3.63, 3.8) is 0 Å². The first-order valence-corrected chi connectivity index (χ1v) is 7.69. The van der Waals surface area contributed by atoms with Crippen LogP contribution in [-0.2, 0) is 0 Å². The van der Waals surface area contributed by atoms with Crippen LogP contribution in [0.3, 0.4) is 0 Å². The summed E-state index contributed by atoms with van der Waals surface area (Å²) in [6.07, 6.45) is 3.28. The molecule has 0 aliphatic rings. The van der Waals surface area contributed by atoms with E-state index in [1.807, 2.05) is 0 Å². The molecule has 0 aliphatic carbocycles. The van der Waals surface area contributed by atoms with Crippen LogP contribution >= 0.6 is 0 Å². The van der Waals surface area contributed by atoms with Gasteiger partial charge in [-0.05, 0) is 48.9 Å². The molecule has 0 radical (unpaired) electrons. The molecule has 2 aromatic rings. The Morgan fingerprint density at radius 1 is 1.17 bits per heavy atom. The Labute approximate surface area is 135 Å². The van der Waals surface area contributed by atoms with E-state index in [0.717, 1.165) is 19.3 Å². The summed E-state index contributed by atoms with van der Waals surface area (Å²) >= 11 is 0. The van der Waals surface area contributed by atoms with Crippen molar-refractivity contribution in [3.05, 3.63) is 53.8 Å². The Kier molecular flexibility index (Phi) is 5.97. The first-order chi connectivity index (χ1) is 11.1. The Bertz CT molecular complexity index is 657. The minimum Gasteiger partial charge on any atom is -0.494 e. The fraction of sp³-hybridized carbons (Fsp3) is 0.278. The van der Waals surface area contributed by atoms with Crippen LogP contribution in [0.25, 0.3) is 0 Å². The van der Waals surface area contributed by atoms with Crippen LogP contribution in [0, 0.1) is 5.82 Å². The van der Waals surface area contributed by atoms with Gasteiger partial charge in [-0.15, -0.1) is 0 Å². The van der Waals surface area contributed by atoms with Gasteiger partial charge in [0.25, 0.3) is 5.91 Å². The minimum atomic E-state index is -0.525. The van der Waals surface area contributed by atoms with Gasteiger partial charge in [0, 0.05) is 11.3 Å². The van der Waals surface area contributed by atoms with E-state index < -0.39 is 11.7 Å². The van der Waals surface area contributed by atoms with Crippen LogP contribution in [0.1, 0.15) is 36.5 Å². The number of hydrogen-bond donors (Lipinski definition) is 2. The van der Waals surface area contributed by atoms with Gasteiger partial charge in [-0.3, -0.25) is 4.79 Å². The van der Waals surface area contributed by atoms with E-state index in [2.05, 4.69) is 12.2 Å². The molecule has 0 heterocycles. The van der Waals surface area contributed by atoms with Crippen molar-refractivity contribution in [2.75, 3.05) is 17.7 Å². The second-order valence-electron chi connectivity index (χ2n) is 5.27. The predicted octanol–water partition coefficient (Wildman–Crippen LogP) is 4.23. The van der Waals surface area contributed by atoms with Crippen molar-refractivity contribution >= 4 is 17.3 Å². The molecule has 0 fully saturated rings. The number of carbonyl (C=O) groups is 1. The van der Waals surface area contributed by atoms with E-state index in [4.69, 9.17) is 10.5 Å². The fourth-order valence-electron chi connectivity index (χ4n) is 2.08. The van der Waals surface area contributed by atoms with E-state index in [0.29, 0.717) is 23.6 Å². The quantitative estimate of drug-likeness (QED) is 0.593. The van der Waals surface area contributed by atoms with E-state index in [9.17, 15) is 9.18 Å². The average Bonchev–Trinajstić information content (AvgIpc) is 2.55. The van der Waals surface area contributed by atoms with E-state index in [1.54, 1.807) is 24.3 Å². The number of nitrogens with two attached hydrogens (primary N) is 1. The van der Waals surface area contributed by atoms with Gasteiger partial charge in [-0.2, -0.15) is 0 Å². The number of nitrogens with one attached hydrogen (secondary N) is 1. The van der Waals surface area contributed by atoms with Crippen molar-refractivity contribution in [2.45, 2.75) is 26.2 Å². The van der Waals surface area contributed by atoms with Gasteiger partial charge in [-0.1, -0.05) is 19.8 Å². The van der Waals surface area contributed by atoms with E-state index in [1.165, 1.54) is 18.2 Å². The van der Waals surface area contributed by atoms with Gasteiger partial charge in [0.05, 0.1) is 12.3 Å². The van der Waals surface area contributed by atoms with Crippen LogP contribution < -0.4 is 15.8 Å². The highest BCUT2D eigenvalue weighted by atomic mass is 19.1. The number of anilines is 2. The number of carbonyl (C=O) groups excluding carboxylic acids is 1. The maximum atomic E-state index is 13.6. The second-order valence-corrected chi connectivity index (χ2v) is 5.27. The van der Waals surface area contributed by atoms with Gasteiger partial charge in [0.1, 0.15) is 11.6 Å². The van der Waals surface area contributed by atoms with Crippen LogP contribution in [-0.4, -0.2) is 12.5 Å². The maximum Gasteiger partial charge on any atom is 0.255 e. The summed E-state index contributed by atoms with van der Waals surface area (Å²) in [4.78, 5) is 12.1. The molecule has 0 saturated carbocycles. The van der Waals surface area contributed by atoms with Crippen molar-refractivity contribution in [1.82, 2.24) is 0 Å². The Morgan fingerprint density at radius 2 is 1.91 bits per heavy atom. The van der Waals surface area contributed by atoms with Crippen LogP contribution in [0.4, 0.5) is 15.8 Å². The van der Waals surface area contributed by atoms with Gasteiger partial charge >= 0.3 is 0 Å². The lowest BCUT2D eigenvalue weighted by atomic mass is 10.2. The van der Waals surface area contributed by atoms with Gasteiger partial charge in [0.2, 0.25) is 0 Å². The highest BCUT2D eigenvalue weighted by Gasteiger charge is 2.10. The van der Waals surface area contributed by atoms with Crippen LogP contribution in [0.5, 0.6) is 5.75 Å². The lowest BCUT2D eigenvalue weighted by Crippen LogP contribution is -2.13. The first-order valence-electron chi connectivity index (χ1n) is 7.69. The molecule has 0 atom stereocenters. The van der Waals surface area contributed by atoms with Crippen molar-refractivity contribution in [3.8, 4) is 5.75 Å². The zero-order chi connectivity index (χ0) is 16.7. The number of hydrogen-bond acceptors (Lipinski definition) is 3. The van der Waals surface area contributed by atoms with Crippen LogP contribution in [0.15, 0.2) is 42.5 Å². The highest BCUT2D eigenvalue weighted by molar-refractivity contribution is 6.04. The summed E-state index contributed by atoms with van der Waals surface area (Å²) in [5.74, 6) is -0.205. The first kappa shape index (κ1) is 16.8. The molecular weight excluding hydrogens is 295 g/mol. The van der Waals surface area contributed by atoms with Crippen molar-refractivity contribution in [1.29, 1.82) is 0 Å². The fourth-order valence-corrected chi connectivity index (χ4v) is 2.08. The Morgan fingerprint density at radius 3 is 2.61 bits per heavy atom. The zero-order valence-electron chi connectivity index (χ0n) is 13.1. The molecule has 0 aromatic heterocycles. The number of halogens is 1. The molecule has 1 amide bonds. The van der Waals surface area contributed by atoms with Gasteiger partial charge in [-0.25, -0.2) is 4.39 Å². The molecule has 0 bridgehead atoms. The molecule has 2 aromatic carbocycles. The lowest BCUT2D eigenvalue weighted by molar-refractivity contribution is 0.102. The summed E-state index contributed by atoms with van der Waals surface area (Å²) in [6.45, 7) is 2.80. The second kappa shape index (κ2) is 8.17. The topological polar surface area (TPSA) is 64.3 Å². The minimum absolute atomic E-state index is 0.0647. The summed E-state index contributed by atoms with van der Waals surface area (Å²) < 4.78 is 19.2.